The first-order valence-electron chi connectivity index (χ1n) is 7.97. The Morgan fingerprint density at radius 3 is 2.46 bits per heavy atom. The van der Waals surface area contributed by atoms with E-state index in [0.717, 1.165) is 25.9 Å². The third kappa shape index (κ3) is 4.99. The average molecular weight is 357 g/mol. The minimum Gasteiger partial charge on any atom is -0.351 e. The Morgan fingerprint density at radius 2 is 1.88 bits per heavy atom. The quantitative estimate of drug-likeness (QED) is 0.822. The second-order valence-electron chi connectivity index (χ2n) is 6.13. The molecule has 2 rings (SSSR count). The van der Waals surface area contributed by atoms with E-state index >= 15 is 0 Å². The van der Waals surface area contributed by atoms with E-state index in [0.29, 0.717) is 5.56 Å². The zero-order valence-corrected chi connectivity index (χ0v) is 14.9. The van der Waals surface area contributed by atoms with Gasteiger partial charge < -0.3 is 10.2 Å². The number of sulfonamides is 1. The number of likely N-dealkylation sites (tertiary alicyclic amines) is 1. The summed E-state index contributed by atoms with van der Waals surface area (Å²) in [5.74, 6) is -0.982. The summed E-state index contributed by atoms with van der Waals surface area (Å²) in [6.45, 7) is 1.78. The zero-order valence-electron chi connectivity index (χ0n) is 14.0. The maximum atomic E-state index is 12.8. The molecule has 6 nitrogen and oxygen atoms in total. The number of hydrogen-bond donors (Lipinski definition) is 1. The molecule has 0 bridgehead atoms. The van der Waals surface area contributed by atoms with Crippen molar-refractivity contribution in [1.82, 2.24) is 14.5 Å². The molecule has 1 aliphatic heterocycles. The average Bonchev–Trinajstić information content (AvgIpc) is 2.55. The Labute approximate surface area is 142 Å². The molecule has 0 saturated carbocycles. The fourth-order valence-electron chi connectivity index (χ4n) is 2.73. The molecule has 1 fully saturated rings. The zero-order chi connectivity index (χ0) is 17.7. The molecule has 24 heavy (non-hydrogen) atoms. The lowest BCUT2D eigenvalue weighted by Crippen LogP contribution is -2.46. The SMILES string of the molecule is CN1CCC(N(C)S(=O)(=O)CCNC(=O)c2ccc(F)cc2)CC1. The Hall–Kier alpha value is -1.51. The first-order valence-corrected chi connectivity index (χ1v) is 9.58. The normalized spacial score (nSPS) is 17.2. The van der Waals surface area contributed by atoms with Crippen LogP contribution in [0, 0.1) is 5.82 Å². The Bertz CT molecular complexity index is 656. The topological polar surface area (TPSA) is 69.7 Å². The highest BCUT2D eigenvalue weighted by molar-refractivity contribution is 7.89. The summed E-state index contributed by atoms with van der Waals surface area (Å²) in [7, 11) is 0.206. The first-order chi connectivity index (χ1) is 11.3. The van der Waals surface area contributed by atoms with Gasteiger partial charge in [0.05, 0.1) is 5.75 Å². The van der Waals surface area contributed by atoms with Gasteiger partial charge in [-0.1, -0.05) is 0 Å². The highest BCUT2D eigenvalue weighted by atomic mass is 32.2. The molecule has 0 atom stereocenters. The molecule has 1 heterocycles. The number of carbonyl (C=O) groups excluding carboxylic acids is 1. The van der Waals surface area contributed by atoms with Crippen LogP contribution in [0.3, 0.4) is 0 Å². The van der Waals surface area contributed by atoms with E-state index in [4.69, 9.17) is 0 Å². The predicted octanol–water partition coefficient (Wildman–Crippen LogP) is 0.911. The molecule has 1 aromatic rings. The molecule has 0 spiro atoms. The molecule has 0 radical (unpaired) electrons. The molecule has 0 unspecified atom stereocenters. The number of piperidine rings is 1. The standard InChI is InChI=1S/C16H24FN3O3S/c1-19-10-7-15(8-11-19)20(2)24(22,23)12-9-18-16(21)13-3-5-14(17)6-4-13/h3-6,15H,7-12H2,1-2H3,(H,18,21). The number of nitrogens with zero attached hydrogens (tertiary/aromatic N) is 2. The first kappa shape index (κ1) is 18.8. The summed E-state index contributed by atoms with van der Waals surface area (Å²) in [4.78, 5) is 14.1. The Balaban J connectivity index is 1.83. The van der Waals surface area contributed by atoms with Crippen LogP contribution in [-0.2, 0) is 10.0 Å². The van der Waals surface area contributed by atoms with E-state index < -0.39 is 21.7 Å². The molecule has 1 saturated heterocycles. The minimum atomic E-state index is -3.42. The molecular weight excluding hydrogens is 333 g/mol. The van der Waals surface area contributed by atoms with Crippen molar-refractivity contribution in [3.8, 4) is 0 Å². The van der Waals surface area contributed by atoms with E-state index in [1.165, 1.54) is 28.6 Å². The minimum absolute atomic E-state index is 0.0130. The number of carbonyl (C=O) groups is 1. The highest BCUT2D eigenvalue weighted by Crippen LogP contribution is 2.17. The van der Waals surface area contributed by atoms with E-state index in [2.05, 4.69) is 10.2 Å². The van der Waals surface area contributed by atoms with Crippen LogP contribution in [0.15, 0.2) is 24.3 Å². The molecule has 1 aliphatic rings. The van der Waals surface area contributed by atoms with E-state index in [1.54, 1.807) is 7.05 Å². The highest BCUT2D eigenvalue weighted by Gasteiger charge is 2.28. The fraction of sp³-hybridized carbons (Fsp3) is 0.562. The second kappa shape index (κ2) is 8.04. The summed E-state index contributed by atoms with van der Waals surface area (Å²) < 4.78 is 39.0. The van der Waals surface area contributed by atoms with Gasteiger partial charge in [0, 0.05) is 25.2 Å². The monoisotopic (exact) mass is 357 g/mol. The summed E-state index contributed by atoms with van der Waals surface area (Å²) in [5, 5.41) is 2.56. The van der Waals surface area contributed by atoms with Crippen LogP contribution in [0.2, 0.25) is 0 Å². The van der Waals surface area contributed by atoms with Gasteiger partial charge >= 0.3 is 0 Å². The van der Waals surface area contributed by atoms with Crippen LogP contribution in [-0.4, -0.2) is 69.1 Å². The molecular formula is C16H24FN3O3S. The van der Waals surface area contributed by atoms with Gasteiger partial charge in [-0.05, 0) is 57.2 Å². The van der Waals surface area contributed by atoms with Crippen molar-refractivity contribution >= 4 is 15.9 Å². The number of benzene rings is 1. The van der Waals surface area contributed by atoms with Crippen molar-refractivity contribution in [2.45, 2.75) is 18.9 Å². The van der Waals surface area contributed by atoms with Crippen LogP contribution in [0.1, 0.15) is 23.2 Å². The van der Waals surface area contributed by atoms with Crippen LogP contribution in [0.5, 0.6) is 0 Å². The molecule has 0 aromatic heterocycles. The van der Waals surface area contributed by atoms with Gasteiger partial charge in [0.25, 0.3) is 5.91 Å². The Morgan fingerprint density at radius 1 is 1.29 bits per heavy atom. The number of rotatable bonds is 6. The predicted molar refractivity (Wildman–Crippen MR) is 90.8 cm³/mol. The molecule has 1 aromatic carbocycles. The van der Waals surface area contributed by atoms with Gasteiger partial charge in [-0.15, -0.1) is 0 Å². The van der Waals surface area contributed by atoms with Crippen LogP contribution < -0.4 is 5.32 Å². The molecule has 134 valence electrons. The lowest BCUT2D eigenvalue weighted by molar-refractivity contribution is 0.0956. The van der Waals surface area contributed by atoms with Crippen LogP contribution in [0.4, 0.5) is 4.39 Å². The number of amides is 1. The van der Waals surface area contributed by atoms with E-state index in [1.807, 2.05) is 7.05 Å². The fourth-order valence-corrected chi connectivity index (χ4v) is 4.04. The lowest BCUT2D eigenvalue weighted by Gasteiger charge is -2.34. The molecule has 0 aliphatic carbocycles. The van der Waals surface area contributed by atoms with Gasteiger partial charge in [0.1, 0.15) is 5.82 Å². The summed E-state index contributed by atoms with van der Waals surface area (Å²) in [6, 6.07) is 5.13. The van der Waals surface area contributed by atoms with Crippen molar-refractivity contribution in [1.29, 1.82) is 0 Å². The van der Waals surface area contributed by atoms with E-state index in [9.17, 15) is 17.6 Å². The van der Waals surface area contributed by atoms with Crippen molar-refractivity contribution in [2.75, 3.05) is 39.5 Å². The summed E-state index contributed by atoms with van der Waals surface area (Å²) >= 11 is 0. The van der Waals surface area contributed by atoms with Crippen LogP contribution >= 0.6 is 0 Å². The van der Waals surface area contributed by atoms with Crippen molar-refractivity contribution in [2.24, 2.45) is 0 Å². The van der Waals surface area contributed by atoms with Gasteiger partial charge in [-0.3, -0.25) is 4.79 Å². The largest absolute Gasteiger partial charge is 0.351 e. The van der Waals surface area contributed by atoms with Gasteiger partial charge in [0.2, 0.25) is 10.0 Å². The maximum Gasteiger partial charge on any atom is 0.251 e. The summed E-state index contributed by atoms with van der Waals surface area (Å²) in [5.41, 5.74) is 0.303. The molecule has 8 heteroatoms. The molecule has 1 amide bonds. The third-order valence-corrected chi connectivity index (χ3v) is 6.29. The van der Waals surface area contributed by atoms with Crippen LogP contribution in [0.25, 0.3) is 0 Å². The van der Waals surface area contributed by atoms with Gasteiger partial charge in [-0.2, -0.15) is 0 Å². The smallest absolute Gasteiger partial charge is 0.251 e. The van der Waals surface area contributed by atoms with Gasteiger partial charge in [-0.25, -0.2) is 17.1 Å². The third-order valence-electron chi connectivity index (χ3n) is 4.39. The van der Waals surface area contributed by atoms with Crippen molar-refractivity contribution in [3.05, 3.63) is 35.6 Å². The van der Waals surface area contributed by atoms with Gasteiger partial charge in [0.15, 0.2) is 0 Å². The number of halogens is 1. The Kier molecular flexibility index (Phi) is 6.31. The lowest BCUT2D eigenvalue weighted by atomic mass is 10.1. The van der Waals surface area contributed by atoms with E-state index in [-0.39, 0.29) is 18.3 Å². The number of nitrogens with one attached hydrogen (secondary N) is 1. The van der Waals surface area contributed by atoms with Crippen molar-refractivity contribution < 1.29 is 17.6 Å². The number of hydrogen-bond acceptors (Lipinski definition) is 4. The van der Waals surface area contributed by atoms with Crippen molar-refractivity contribution in [3.63, 3.8) is 0 Å². The molecule has 1 N–H and O–H groups in total. The second-order valence-corrected chi connectivity index (χ2v) is 8.28. The summed E-state index contributed by atoms with van der Waals surface area (Å²) in [6.07, 6.45) is 1.63. The maximum absolute atomic E-state index is 12.8.